The predicted octanol–water partition coefficient (Wildman–Crippen LogP) is 1.81. The fourth-order valence-electron chi connectivity index (χ4n) is 1.41. The number of benzene rings is 1. The van der Waals surface area contributed by atoms with Crippen molar-refractivity contribution < 1.29 is 17.6 Å². The minimum Gasteiger partial charge on any atom is -0.284 e. The van der Waals surface area contributed by atoms with Crippen molar-refractivity contribution in [2.24, 2.45) is 0 Å². The van der Waals surface area contributed by atoms with Crippen LogP contribution < -0.4 is 0 Å². The lowest BCUT2D eigenvalue weighted by atomic mass is 10.3. The summed E-state index contributed by atoms with van der Waals surface area (Å²) >= 11 is 5.69. The average molecular weight is 266 g/mol. The van der Waals surface area contributed by atoms with Gasteiger partial charge in [-0.15, -0.1) is 0 Å². The van der Waals surface area contributed by atoms with Gasteiger partial charge in [0.05, 0.1) is 11.6 Å². The summed E-state index contributed by atoms with van der Waals surface area (Å²) in [7, 11) is -3.77. The highest BCUT2D eigenvalue weighted by Gasteiger charge is 2.30. The van der Waals surface area contributed by atoms with E-state index < -0.39 is 15.8 Å². The molecule has 0 aliphatic carbocycles. The molecule has 2 rings (SSSR count). The molecule has 1 aliphatic heterocycles. The lowest BCUT2D eigenvalue weighted by Crippen LogP contribution is -2.27. The molecule has 0 bridgehead atoms. The number of nitrogens with zero attached hydrogens (tertiary/aromatic N) is 1. The van der Waals surface area contributed by atoms with Crippen molar-refractivity contribution in [2.75, 3.05) is 13.2 Å². The molecule has 0 spiro atoms. The van der Waals surface area contributed by atoms with Gasteiger partial charge < -0.3 is 0 Å². The molecule has 1 saturated heterocycles. The van der Waals surface area contributed by atoms with Crippen molar-refractivity contribution in [3.8, 4) is 0 Å². The van der Waals surface area contributed by atoms with Gasteiger partial charge in [0.1, 0.15) is 10.7 Å². The van der Waals surface area contributed by atoms with E-state index in [4.69, 9.17) is 16.4 Å². The van der Waals surface area contributed by atoms with Gasteiger partial charge in [-0.05, 0) is 24.6 Å². The molecular formula is C9H9ClFNO3S. The van der Waals surface area contributed by atoms with Gasteiger partial charge in [-0.2, -0.15) is 0 Å². The van der Waals surface area contributed by atoms with Gasteiger partial charge in [0.2, 0.25) is 0 Å². The Morgan fingerprint density at radius 1 is 1.44 bits per heavy atom. The molecule has 1 heterocycles. The number of hydroxylamine groups is 1. The fourth-order valence-corrected chi connectivity index (χ4v) is 3.22. The SMILES string of the molecule is O=S(=O)(c1ccc(F)cc1Cl)N1CCCO1. The van der Waals surface area contributed by atoms with Crippen LogP contribution in [0, 0.1) is 5.82 Å². The average Bonchev–Trinajstić information content (AvgIpc) is 2.69. The summed E-state index contributed by atoms with van der Waals surface area (Å²) in [5.41, 5.74) is 0. The molecular weight excluding hydrogens is 257 g/mol. The molecule has 0 unspecified atom stereocenters. The van der Waals surface area contributed by atoms with Crippen LogP contribution in [0.4, 0.5) is 4.39 Å². The first kappa shape index (κ1) is 11.8. The van der Waals surface area contributed by atoms with E-state index in [1.165, 1.54) is 0 Å². The zero-order chi connectivity index (χ0) is 11.8. The zero-order valence-electron chi connectivity index (χ0n) is 8.19. The van der Waals surface area contributed by atoms with Gasteiger partial charge in [-0.1, -0.05) is 16.1 Å². The Morgan fingerprint density at radius 3 is 2.75 bits per heavy atom. The van der Waals surface area contributed by atoms with Crippen molar-refractivity contribution in [2.45, 2.75) is 11.3 Å². The van der Waals surface area contributed by atoms with E-state index in [0.717, 1.165) is 22.7 Å². The Hall–Kier alpha value is -0.690. The van der Waals surface area contributed by atoms with Crippen molar-refractivity contribution >= 4 is 21.6 Å². The third-order valence-electron chi connectivity index (χ3n) is 2.16. The van der Waals surface area contributed by atoms with Gasteiger partial charge in [0.15, 0.2) is 0 Å². The van der Waals surface area contributed by atoms with Crippen LogP contribution in [0.25, 0.3) is 0 Å². The molecule has 0 radical (unpaired) electrons. The van der Waals surface area contributed by atoms with Gasteiger partial charge >= 0.3 is 0 Å². The molecule has 88 valence electrons. The Kier molecular flexibility index (Phi) is 3.16. The van der Waals surface area contributed by atoms with Crippen LogP contribution in [-0.2, 0) is 14.9 Å². The topological polar surface area (TPSA) is 46.6 Å². The fraction of sp³-hybridized carbons (Fsp3) is 0.333. The lowest BCUT2D eigenvalue weighted by Gasteiger charge is -2.14. The highest BCUT2D eigenvalue weighted by atomic mass is 35.5. The molecule has 0 amide bonds. The maximum atomic E-state index is 12.8. The van der Waals surface area contributed by atoms with Crippen LogP contribution in [-0.4, -0.2) is 26.0 Å². The van der Waals surface area contributed by atoms with Crippen LogP contribution in [0.1, 0.15) is 6.42 Å². The maximum Gasteiger partial charge on any atom is 0.266 e. The minimum atomic E-state index is -3.77. The first-order valence-electron chi connectivity index (χ1n) is 4.62. The van der Waals surface area contributed by atoms with Crippen LogP contribution >= 0.6 is 11.6 Å². The van der Waals surface area contributed by atoms with Crippen molar-refractivity contribution in [3.05, 3.63) is 29.0 Å². The summed E-state index contributed by atoms with van der Waals surface area (Å²) in [5.74, 6) is -0.578. The molecule has 0 saturated carbocycles. The normalized spacial score (nSPS) is 17.9. The number of sulfonamides is 1. The van der Waals surface area contributed by atoms with Crippen LogP contribution in [0.5, 0.6) is 0 Å². The van der Waals surface area contributed by atoms with E-state index in [1.807, 2.05) is 0 Å². The molecule has 1 aromatic rings. The predicted molar refractivity (Wildman–Crippen MR) is 55.9 cm³/mol. The molecule has 1 aromatic carbocycles. The van der Waals surface area contributed by atoms with Crippen molar-refractivity contribution in [3.63, 3.8) is 0 Å². The van der Waals surface area contributed by atoms with E-state index in [1.54, 1.807) is 0 Å². The Labute approximate surface area is 97.6 Å². The van der Waals surface area contributed by atoms with E-state index in [-0.39, 0.29) is 16.5 Å². The number of rotatable bonds is 2. The number of hydrogen-bond acceptors (Lipinski definition) is 3. The molecule has 7 heteroatoms. The summed E-state index contributed by atoms with van der Waals surface area (Å²) in [6.07, 6.45) is 0.637. The smallest absolute Gasteiger partial charge is 0.266 e. The van der Waals surface area contributed by atoms with E-state index in [0.29, 0.717) is 13.0 Å². The number of hydrogen-bond donors (Lipinski definition) is 0. The summed E-state index contributed by atoms with van der Waals surface area (Å²) in [6.45, 7) is 0.647. The van der Waals surface area contributed by atoms with Crippen molar-refractivity contribution in [1.82, 2.24) is 4.47 Å². The highest BCUT2D eigenvalue weighted by Crippen LogP contribution is 2.27. The van der Waals surface area contributed by atoms with Crippen LogP contribution in [0.2, 0.25) is 5.02 Å². The second kappa shape index (κ2) is 4.29. The molecule has 4 nitrogen and oxygen atoms in total. The summed E-state index contributed by atoms with van der Waals surface area (Å²) in [4.78, 5) is 4.81. The molecule has 0 N–H and O–H groups in total. The molecule has 1 fully saturated rings. The molecule has 0 aromatic heterocycles. The quantitative estimate of drug-likeness (QED) is 0.819. The first-order chi connectivity index (χ1) is 7.51. The largest absolute Gasteiger partial charge is 0.284 e. The molecule has 1 aliphatic rings. The Balaban J connectivity index is 2.42. The third-order valence-corrected chi connectivity index (χ3v) is 4.32. The monoisotopic (exact) mass is 265 g/mol. The number of halogens is 2. The standard InChI is InChI=1S/C9H9ClFNO3S/c10-8-6-7(11)2-3-9(8)16(13,14)12-4-1-5-15-12/h2-3,6H,1,4-5H2. The summed E-state index contributed by atoms with van der Waals surface area (Å²) < 4.78 is 37.6. The van der Waals surface area contributed by atoms with Gasteiger partial charge in [-0.3, -0.25) is 4.84 Å². The molecule has 0 atom stereocenters. The second-order valence-electron chi connectivity index (χ2n) is 3.29. The van der Waals surface area contributed by atoms with Gasteiger partial charge in [0.25, 0.3) is 10.0 Å². The van der Waals surface area contributed by atoms with E-state index >= 15 is 0 Å². The summed E-state index contributed by atoms with van der Waals surface area (Å²) in [5, 5.41) is -0.143. The Bertz CT molecular complexity index is 499. The highest BCUT2D eigenvalue weighted by molar-refractivity contribution is 7.89. The lowest BCUT2D eigenvalue weighted by molar-refractivity contribution is -0.0284. The second-order valence-corrected chi connectivity index (χ2v) is 5.50. The van der Waals surface area contributed by atoms with Crippen LogP contribution in [0.15, 0.2) is 23.1 Å². The Morgan fingerprint density at radius 2 is 2.19 bits per heavy atom. The van der Waals surface area contributed by atoms with Crippen molar-refractivity contribution in [1.29, 1.82) is 0 Å². The zero-order valence-corrected chi connectivity index (χ0v) is 9.76. The first-order valence-corrected chi connectivity index (χ1v) is 6.44. The van der Waals surface area contributed by atoms with E-state index in [2.05, 4.69) is 0 Å². The minimum absolute atomic E-state index is 0.141. The van der Waals surface area contributed by atoms with E-state index in [9.17, 15) is 12.8 Å². The third kappa shape index (κ3) is 2.06. The molecule has 16 heavy (non-hydrogen) atoms. The van der Waals surface area contributed by atoms with Gasteiger partial charge in [-0.25, -0.2) is 12.8 Å². The summed E-state index contributed by atoms with van der Waals surface area (Å²) in [6, 6.07) is 3.15. The van der Waals surface area contributed by atoms with Gasteiger partial charge in [0, 0.05) is 6.54 Å². The maximum absolute atomic E-state index is 12.8. The van der Waals surface area contributed by atoms with Crippen LogP contribution in [0.3, 0.4) is 0 Å².